The van der Waals surface area contributed by atoms with Crippen LogP contribution in [0.25, 0.3) is 33.7 Å². The van der Waals surface area contributed by atoms with Crippen LogP contribution in [0, 0.1) is 5.92 Å². The van der Waals surface area contributed by atoms with E-state index in [0.29, 0.717) is 5.82 Å². The van der Waals surface area contributed by atoms with Gasteiger partial charge in [-0.2, -0.15) is 0 Å². The third-order valence-corrected chi connectivity index (χ3v) is 5.72. The number of fused-ring (bicyclic) bond motifs is 2. The molecule has 0 bridgehead atoms. The van der Waals surface area contributed by atoms with Gasteiger partial charge < -0.3 is 20.0 Å². The lowest BCUT2D eigenvalue weighted by Gasteiger charge is -2.23. The summed E-state index contributed by atoms with van der Waals surface area (Å²) in [7, 11) is 0. The molecule has 0 aromatic carbocycles. The van der Waals surface area contributed by atoms with Gasteiger partial charge in [-0.3, -0.25) is 0 Å². The summed E-state index contributed by atoms with van der Waals surface area (Å²) in [4.78, 5) is 4.33. The maximum absolute atomic E-state index is 6.20. The van der Waals surface area contributed by atoms with Crippen LogP contribution in [0.2, 0.25) is 0 Å². The summed E-state index contributed by atoms with van der Waals surface area (Å²) >= 11 is 0. The number of aromatic nitrogens is 2. The molecule has 7 heteroatoms. The highest BCUT2D eigenvalue weighted by molar-refractivity contribution is 5.87. The minimum atomic E-state index is 0. The Balaban J connectivity index is 0.00000120. The number of nitrogens with two attached hydrogens (primary N) is 1. The van der Waals surface area contributed by atoms with Crippen LogP contribution < -0.4 is 11.1 Å². The van der Waals surface area contributed by atoms with Crippen LogP contribution >= 0.6 is 24.8 Å². The Bertz CT molecular complexity index is 1050. The van der Waals surface area contributed by atoms with E-state index in [1.54, 1.807) is 0 Å². The number of aryl methyl sites for hydroxylation is 1. The van der Waals surface area contributed by atoms with Gasteiger partial charge in [-0.1, -0.05) is 12.1 Å². The second-order valence-electron chi connectivity index (χ2n) is 7.48. The largest absolute Gasteiger partial charge is 0.455 e. The number of pyridine rings is 1. The molecule has 1 fully saturated rings. The Kier molecular flexibility index (Phi) is 6.73. The molecule has 154 valence electrons. The number of piperidine rings is 1. The first-order valence-electron chi connectivity index (χ1n) is 9.72. The molecule has 29 heavy (non-hydrogen) atoms. The second kappa shape index (κ2) is 9.08. The zero-order chi connectivity index (χ0) is 18.2. The summed E-state index contributed by atoms with van der Waals surface area (Å²) < 4.78 is 8.54. The normalized spacial score (nSPS) is 14.6. The lowest BCUT2D eigenvalue weighted by atomic mass is 9.95. The molecule has 3 N–H and O–H groups in total. The van der Waals surface area contributed by atoms with Crippen LogP contribution in [0.5, 0.6) is 0 Å². The molecule has 0 saturated carbocycles. The quantitative estimate of drug-likeness (QED) is 0.463. The molecular formula is C22H26Cl2N4O. The molecule has 5 nitrogen and oxygen atoms in total. The lowest BCUT2D eigenvalue weighted by molar-refractivity contribution is 0.339. The molecule has 1 aliphatic carbocycles. The highest BCUT2D eigenvalue weighted by atomic mass is 35.5. The van der Waals surface area contributed by atoms with Gasteiger partial charge >= 0.3 is 0 Å². The van der Waals surface area contributed by atoms with E-state index in [2.05, 4.69) is 39.1 Å². The number of nitrogen functional groups attached to an aromatic ring is 1. The molecule has 2 aliphatic heterocycles. The van der Waals surface area contributed by atoms with E-state index >= 15 is 0 Å². The van der Waals surface area contributed by atoms with E-state index in [-0.39, 0.29) is 24.8 Å². The van der Waals surface area contributed by atoms with Crippen molar-refractivity contribution < 1.29 is 4.42 Å². The molecule has 5 rings (SSSR count). The Morgan fingerprint density at radius 3 is 2.72 bits per heavy atom. The van der Waals surface area contributed by atoms with Gasteiger partial charge in [0.05, 0.1) is 17.4 Å². The van der Waals surface area contributed by atoms with Crippen molar-refractivity contribution in [2.24, 2.45) is 5.92 Å². The van der Waals surface area contributed by atoms with Gasteiger partial charge in [0.1, 0.15) is 11.6 Å². The van der Waals surface area contributed by atoms with Crippen LogP contribution in [0.4, 0.5) is 5.82 Å². The van der Waals surface area contributed by atoms with Crippen molar-refractivity contribution in [3.05, 3.63) is 48.7 Å². The number of hydrogen-bond acceptors (Lipinski definition) is 4. The molecule has 1 saturated heterocycles. The van der Waals surface area contributed by atoms with E-state index in [4.69, 9.17) is 10.2 Å². The number of rotatable bonds is 4. The minimum absolute atomic E-state index is 0. The number of nitrogens with one attached hydrogen (secondary N) is 1. The molecule has 0 amide bonds. The zero-order valence-electron chi connectivity index (χ0n) is 16.1. The first kappa shape index (κ1) is 21.5. The monoisotopic (exact) mass is 432 g/mol. The average Bonchev–Trinajstić information content (AvgIpc) is 3.30. The van der Waals surface area contributed by atoms with Gasteiger partial charge in [-0.05, 0) is 68.6 Å². The number of hydrogen-bond donors (Lipinski definition) is 2. The van der Waals surface area contributed by atoms with Crippen molar-refractivity contribution in [2.45, 2.75) is 25.8 Å². The van der Waals surface area contributed by atoms with Gasteiger partial charge in [-0.25, -0.2) is 4.98 Å². The van der Waals surface area contributed by atoms with Crippen molar-refractivity contribution >= 4 is 41.5 Å². The molecule has 0 radical (unpaired) electrons. The first-order chi connectivity index (χ1) is 13.3. The molecule has 2 aromatic heterocycles. The molecular weight excluding hydrogens is 407 g/mol. The molecule has 3 aliphatic rings. The van der Waals surface area contributed by atoms with Crippen molar-refractivity contribution in [2.75, 3.05) is 18.8 Å². The van der Waals surface area contributed by atoms with Crippen LogP contribution in [0.3, 0.4) is 0 Å². The summed E-state index contributed by atoms with van der Waals surface area (Å²) in [5.41, 5.74) is 9.26. The van der Waals surface area contributed by atoms with Gasteiger partial charge in [0.15, 0.2) is 5.76 Å². The number of halogens is 2. The Labute approximate surface area is 182 Å². The second-order valence-corrected chi connectivity index (χ2v) is 7.48. The van der Waals surface area contributed by atoms with Gasteiger partial charge in [0.2, 0.25) is 0 Å². The fourth-order valence-corrected chi connectivity index (χ4v) is 4.21. The van der Waals surface area contributed by atoms with Crippen LogP contribution in [0.15, 0.2) is 53.1 Å². The Hall–Kier alpha value is -2.21. The zero-order valence-corrected chi connectivity index (χ0v) is 17.8. The molecule has 0 unspecified atom stereocenters. The fraction of sp³-hybridized carbons (Fsp3) is 0.318. The third kappa shape index (κ3) is 4.22. The number of nitrogens with zero attached hydrogens (tertiary/aromatic N) is 2. The van der Waals surface area contributed by atoms with Crippen LogP contribution in [-0.2, 0) is 6.54 Å². The average molecular weight is 433 g/mol. The summed E-state index contributed by atoms with van der Waals surface area (Å²) in [6.07, 6.45) is 5.56. The van der Waals surface area contributed by atoms with E-state index in [9.17, 15) is 0 Å². The lowest BCUT2D eigenvalue weighted by Crippen LogP contribution is -2.28. The van der Waals surface area contributed by atoms with E-state index < -0.39 is 0 Å². The predicted molar refractivity (Wildman–Crippen MR) is 123 cm³/mol. The van der Waals surface area contributed by atoms with E-state index in [0.717, 1.165) is 59.2 Å². The molecule has 0 atom stereocenters. The highest BCUT2D eigenvalue weighted by Gasteiger charge is 2.18. The predicted octanol–water partition coefficient (Wildman–Crippen LogP) is 5.22. The summed E-state index contributed by atoms with van der Waals surface area (Å²) in [5, 5.41) is 4.56. The Morgan fingerprint density at radius 2 is 1.90 bits per heavy atom. The SMILES string of the molecule is Cl.Cl.Nc1cc2cc(-c3ccc4cccc-4o3)n(CCC3CCNCC3)c2cn1. The summed E-state index contributed by atoms with van der Waals surface area (Å²) in [5.74, 6) is 3.12. The summed E-state index contributed by atoms with van der Waals surface area (Å²) in [6, 6.07) is 14.4. The maximum atomic E-state index is 6.20. The van der Waals surface area contributed by atoms with Crippen molar-refractivity contribution in [1.82, 2.24) is 14.9 Å². The standard InChI is InChI=1S/C22H24N4O.2ClH/c23-22-13-17-12-18(21-5-4-16-2-1-3-20(16)27-21)26(19(17)14-25-22)11-8-15-6-9-24-10-7-15;;/h1-5,12-15,24H,6-11H2,(H2,23,25);2*1H. The van der Waals surface area contributed by atoms with Crippen LogP contribution in [-0.4, -0.2) is 22.6 Å². The van der Waals surface area contributed by atoms with E-state index in [1.165, 1.54) is 19.3 Å². The maximum Gasteiger partial charge on any atom is 0.151 e. The van der Waals surface area contributed by atoms with Gasteiger partial charge in [0, 0.05) is 17.5 Å². The van der Waals surface area contributed by atoms with E-state index in [1.807, 2.05) is 24.4 Å². The van der Waals surface area contributed by atoms with Crippen molar-refractivity contribution in [3.63, 3.8) is 0 Å². The van der Waals surface area contributed by atoms with Gasteiger partial charge in [-0.15, -0.1) is 24.8 Å². The summed E-state index contributed by atoms with van der Waals surface area (Å²) in [6.45, 7) is 3.22. The van der Waals surface area contributed by atoms with Crippen molar-refractivity contribution in [1.29, 1.82) is 0 Å². The highest BCUT2D eigenvalue weighted by Crippen LogP contribution is 2.34. The minimum Gasteiger partial charge on any atom is -0.455 e. The van der Waals surface area contributed by atoms with Gasteiger partial charge in [0.25, 0.3) is 0 Å². The molecule has 4 heterocycles. The van der Waals surface area contributed by atoms with Crippen LogP contribution in [0.1, 0.15) is 19.3 Å². The smallest absolute Gasteiger partial charge is 0.151 e. The Morgan fingerprint density at radius 1 is 1.07 bits per heavy atom. The first-order valence-corrected chi connectivity index (χ1v) is 9.72. The third-order valence-electron chi connectivity index (χ3n) is 5.72. The molecule has 2 aromatic rings. The number of anilines is 1. The van der Waals surface area contributed by atoms with Crippen molar-refractivity contribution in [3.8, 4) is 22.8 Å². The topological polar surface area (TPSA) is 69.0 Å². The fourth-order valence-electron chi connectivity index (χ4n) is 4.21. The molecule has 0 spiro atoms.